The quantitative estimate of drug-likeness (QED) is 0.499. The van der Waals surface area contributed by atoms with Crippen LogP contribution < -0.4 is 16.0 Å². The van der Waals surface area contributed by atoms with Crippen molar-refractivity contribution in [2.45, 2.75) is 6.92 Å². The van der Waals surface area contributed by atoms with E-state index in [1.54, 1.807) is 49.4 Å². The molecule has 0 bridgehead atoms. The summed E-state index contributed by atoms with van der Waals surface area (Å²) in [5.41, 5.74) is -0.0425. The third-order valence-corrected chi connectivity index (χ3v) is 4.19. The van der Waals surface area contributed by atoms with Gasteiger partial charge in [-0.25, -0.2) is 14.2 Å². The lowest BCUT2D eigenvalue weighted by atomic mass is 10.1. The second-order valence-electron chi connectivity index (χ2n) is 6.06. The Bertz CT molecular complexity index is 1320. The first kappa shape index (κ1) is 17.3. The van der Waals surface area contributed by atoms with Crippen LogP contribution in [-0.2, 0) is 0 Å². The summed E-state index contributed by atoms with van der Waals surface area (Å²) < 4.78 is 6.52. The molecule has 2 aromatic carbocycles. The SMILES string of the molecule is Cc1ccc(Oc2nc3c(=O)n(-c4ccccc4)c(=O)[nH]c3[nH]2)cc1C(=O)O. The molecule has 0 aliphatic rings. The Morgan fingerprint density at radius 2 is 1.86 bits per heavy atom. The molecule has 2 aromatic heterocycles. The van der Waals surface area contributed by atoms with Crippen LogP contribution in [0.1, 0.15) is 15.9 Å². The number of H-pyrrole nitrogens is 2. The lowest BCUT2D eigenvalue weighted by molar-refractivity contribution is 0.0695. The topological polar surface area (TPSA) is 130 Å². The lowest BCUT2D eigenvalue weighted by Crippen LogP contribution is -2.33. The molecular formula is C19H14N4O5. The number of benzene rings is 2. The Kier molecular flexibility index (Phi) is 4.04. The molecule has 0 spiro atoms. The number of carboxylic acid groups (broad SMARTS) is 1. The van der Waals surface area contributed by atoms with Crippen molar-refractivity contribution in [2.24, 2.45) is 0 Å². The number of hydrogen-bond acceptors (Lipinski definition) is 5. The van der Waals surface area contributed by atoms with Crippen molar-refractivity contribution < 1.29 is 14.6 Å². The summed E-state index contributed by atoms with van der Waals surface area (Å²) >= 11 is 0. The monoisotopic (exact) mass is 378 g/mol. The number of carboxylic acids is 1. The van der Waals surface area contributed by atoms with Gasteiger partial charge in [0, 0.05) is 0 Å². The molecule has 0 fully saturated rings. The van der Waals surface area contributed by atoms with Gasteiger partial charge >= 0.3 is 17.7 Å². The minimum atomic E-state index is -1.08. The Morgan fingerprint density at radius 1 is 1.11 bits per heavy atom. The number of aromatic amines is 2. The van der Waals surface area contributed by atoms with E-state index >= 15 is 0 Å². The molecule has 3 N–H and O–H groups in total. The number of nitrogens with one attached hydrogen (secondary N) is 2. The van der Waals surface area contributed by atoms with Gasteiger partial charge in [-0.1, -0.05) is 24.3 Å². The molecule has 0 atom stereocenters. The zero-order chi connectivity index (χ0) is 19.8. The number of rotatable bonds is 4. The van der Waals surface area contributed by atoms with Crippen molar-refractivity contribution in [3.8, 4) is 17.4 Å². The molecule has 2 heterocycles. The molecule has 28 heavy (non-hydrogen) atoms. The van der Waals surface area contributed by atoms with Crippen molar-refractivity contribution in [3.63, 3.8) is 0 Å². The van der Waals surface area contributed by atoms with E-state index in [-0.39, 0.29) is 28.5 Å². The maximum absolute atomic E-state index is 12.7. The molecule has 0 unspecified atom stereocenters. The maximum Gasteiger partial charge on any atom is 0.336 e. The summed E-state index contributed by atoms with van der Waals surface area (Å²) in [7, 11) is 0. The number of fused-ring (bicyclic) bond motifs is 1. The highest BCUT2D eigenvalue weighted by Gasteiger charge is 2.15. The van der Waals surface area contributed by atoms with Crippen LogP contribution in [0.5, 0.6) is 11.8 Å². The first-order chi connectivity index (χ1) is 13.4. The predicted octanol–water partition coefficient (Wildman–Crippen LogP) is 2.20. The molecule has 4 rings (SSSR count). The van der Waals surface area contributed by atoms with E-state index in [1.807, 2.05) is 0 Å². The van der Waals surface area contributed by atoms with Crippen LogP contribution in [-0.4, -0.2) is 30.6 Å². The second kappa shape index (κ2) is 6.54. The van der Waals surface area contributed by atoms with Crippen molar-refractivity contribution in [1.82, 2.24) is 19.5 Å². The Balaban J connectivity index is 1.78. The Hall–Kier alpha value is -4.14. The molecule has 140 valence electrons. The van der Waals surface area contributed by atoms with Gasteiger partial charge in [-0.2, -0.15) is 4.98 Å². The zero-order valence-corrected chi connectivity index (χ0v) is 14.6. The number of aromatic nitrogens is 4. The largest absolute Gasteiger partial charge is 0.478 e. The first-order valence-corrected chi connectivity index (χ1v) is 8.26. The highest BCUT2D eigenvalue weighted by atomic mass is 16.5. The Labute approximate surface area is 156 Å². The fourth-order valence-corrected chi connectivity index (χ4v) is 2.82. The average Bonchev–Trinajstić information content (AvgIpc) is 3.06. The van der Waals surface area contributed by atoms with Gasteiger partial charge < -0.3 is 9.84 Å². The number of aryl methyl sites for hydroxylation is 1. The number of carbonyl (C=O) groups is 1. The lowest BCUT2D eigenvalue weighted by Gasteiger charge is -2.05. The standard InChI is InChI=1S/C19H14N4O5/c1-10-7-8-12(9-13(10)17(25)26)28-18-20-14-15(21-18)22-19(27)23(16(14)24)11-5-3-2-4-6-11/h2-9H,1H3,(H,20,21)(H,22,27)(H,25,26). The summed E-state index contributed by atoms with van der Waals surface area (Å²) in [6.45, 7) is 1.67. The van der Waals surface area contributed by atoms with Crippen molar-refractivity contribution in [3.05, 3.63) is 80.5 Å². The highest BCUT2D eigenvalue weighted by molar-refractivity contribution is 5.89. The third kappa shape index (κ3) is 2.94. The smallest absolute Gasteiger partial charge is 0.336 e. The van der Waals surface area contributed by atoms with E-state index in [0.29, 0.717) is 11.3 Å². The van der Waals surface area contributed by atoms with Gasteiger partial charge in [0.2, 0.25) is 0 Å². The zero-order valence-electron chi connectivity index (χ0n) is 14.6. The minimum absolute atomic E-state index is 0.0102. The van der Waals surface area contributed by atoms with Crippen molar-refractivity contribution >= 4 is 17.1 Å². The fraction of sp³-hybridized carbons (Fsp3) is 0.0526. The molecule has 0 saturated heterocycles. The molecule has 0 saturated carbocycles. The number of aromatic carboxylic acids is 1. The van der Waals surface area contributed by atoms with E-state index in [1.165, 1.54) is 6.07 Å². The summed E-state index contributed by atoms with van der Waals surface area (Å²) in [5.74, 6) is -0.851. The normalized spacial score (nSPS) is 10.9. The maximum atomic E-state index is 12.7. The summed E-state index contributed by atoms with van der Waals surface area (Å²) in [6.07, 6.45) is 0. The van der Waals surface area contributed by atoms with Gasteiger partial charge in [0.05, 0.1) is 11.3 Å². The van der Waals surface area contributed by atoms with E-state index in [4.69, 9.17) is 4.74 Å². The van der Waals surface area contributed by atoms with Crippen LogP contribution in [0.25, 0.3) is 16.9 Å². The number of nitrogens with zero attached hydrogens (tertiary/aromatic N) is 2. The summed E-state index contributed by atoms with van der Waals surface area (Å²) in [6, 6.07) is 13.0. The number of ether oxygens (including phenoxy) is 1. The van der Waals surface area contributed by atoms with Gasteiger partial charge in [0.25, 0.3) is 5.56 Å². The van der Waals surface area contributed by atoms with Crippen LogP contribution in [0.15, 0.2) is 58.1 Å². The number of imidazole rings is 1. The van der Waals surface area contributed by atoms with E-state index < -0.39 is 17.2 Å². The van der Waals surface area contributed by atoms with Crippen LogP contribution in [0.2, 0.25) is 0 Å². The van der Waals surface area contributed by atoms with Crippen LogP contribution >= 0.6 is 0 Å². The van der Waals surface area contributed by atoms with E-state index in [9.17, 15) is 19.5 Å². The molecule has 0 radical (unpaired) electrons. The van der Waals surface area contributed by atoms with Crippen molar-refractivity contribution in [1.29, 1.82) is 0 Å². The molecule has 4 aromatic rings. The molecule has 0 aliphatic heterocycles. The minimum Gasteiger partial charge on any atom is -0.478 e. The average molecular weight is 378 g/mol. The van der Waals surface area contributed by atoms with Gasteiger partial charge in [0.1, 0.15) is 11.4 Å². The third-order valence-electron chi connectivity index (χ3n) is 4.19. The summed E-state index contributed by atoms with van der Waals surface area (Å²) in [5, 5.41) is 9.21. The van der Waals surface area contributed by atoms with Gasteiger partial charge in [0.15, 0.2) is 5.52 Å². The van der Waals surface area contributed by atoms with Crippen LogP contribution in [0.3, 0.4) is 0 Å². The van der Waals surface area contributed by atoms with E-state index in [2.05, 4.69) is 15.0 Å². The summed E-state index contributed by atoms with van der Waals surface area (Å²) in [4.78, 5) is 45.7. The molecule has 0 aliphatic carbocycles. The molecular weight excluding hydrogens is 364 g/mol. The second-order valence-corrected chi connectivity index (χ2v) is 6.06. The van der Waals surface area contributed by atoms with Crippen LogP contribution in [0.4, 0.5) is 0 Å². The Morgan fingerprint density at radius 3 is 2.57 bits per heavy atom. The fourth-order valence-electron chi connectivity index (χ4n) is 2.82. The molecule has 0 amide bonds. The first-order valence-electron chi connectivity index (χ1n) is 8.26. The van der Waals surface area contributed by atoms with Crippen LogP contribution in [0, 0.1) is 6.92 Å². The van der Waals surface area contributed by atoms with Crippen molar-refractivity contribution in [2.75, 3.05) is 0 Å². The number of hydrogen-bond donors (Lipinski definition) is 3. The predicted molar refractivity (Wildman–Crippen MR) is 101 cm³/mol. The highest BCUT2D eigenvalue weighted by Crippen LogP contribution is 2.23. The number of para-hydroxylation sites is 1. The van der Waals surface area contributed by atoms with Gasteiger partial charge in [-0.05, 0) is 36.8 Å². The van der Waals surface area contributed by atoms with E-state index in [0.717, 1.165) is 4.57 Å². The molecule has 9 nitrogen and oxygen atoms in total. The molecule has 9 heteroatoms. The van der Waals surface area contributed by atoms with Gasteiger partial charge in [-0.15, -0.1) is 0 Å². The van der Waals surface area contributed by atoms with Gasteiger partial charge in [-0.3, -0.25) is 14.8 Å².